The smallest absolute Gasteiger partial charge is 0.123 e. The van der Waals surface area contributed by atoms with Crippen LogP contribution in [0.5, 0.6) is 0 Å². The van der Waals surface area contributed by atoms with Gasteiger partial charge in [0.15, 0.2) is 0 Å². The van der Waals surface area contributed by atoms with Gasteiger partial charge in [-0.15, -0.1) is 11.8 Å². The van der Waals surface area contributed by atoms with Gasteiger partial charge in [-0.1, -0.05) is 23.4 Å². The standard InChI is InChI=1S/C24H26FNO2S/c1-17-21(11-14-28-26-12-4-13-27-2)24-16-19(25)7-10-22(24)23(17)15-18-5-8-20(29-3)9-6-18/h5-10,12,15-16H,4,11,13-14H2,1-3H3/b23-15-,26-12?. The number of allylic oxidation sites excluding steroid dienone is 2. The van der Waals surface area contributed by atoms with E-state index in [1.807, 2.05) is 6.07 Å². The first-order valence-electron chi connectivity index (χ1n) is 9.63. The molecule has 2 aromatic carbocycles. The lowest BCUT2D eigenvalue weighted by atomic mass is 10.0. The molecule has 0 saturated carbocycles. The van der Waals surface area contributed by atoms with Crippen LogP contribution < -0.4 is 0 Å². The first-order valence-corrected chi connectivity index (χ1v) is 10.9. The minimum absolute atomic E-state index is 0.224. The lowest BCUT2D eigenvalue weighted by molar-refractivity contribution is 0.150. The largest absolute Gasteiger partial charge is 0.396 e. The molecule has 1 aliphatic rings. The molecule has 152 valence electrons. The quantitative estimate of drug-likeness (QED) is 0.210. The summed E-state index contributed by atoms with van der Waals surface area (Å²) in [6.07, 6.45) is 7.34. The van der Waals surface area contributed by atoms with Gasteiger partial charge in [-0.2, -0.15) is 0 Å². The molecule has 0 radical (unpaired) electrons. The van der Waals surface area contributed by atoms with E-state index in [2.05, 4.69) is 48.7 Å². The number of rotatable bonds is 9. The summed E-state index contributed by atoms with van der Waals surface area (Å²) in [5.74, 6) is -0.224. The Morgan fingerprint density at radius 1 is 1.07 bits per heavy atom. The minimum atomic E-state index is -0.224. The lowest BCUT2D eigenvalue weighted by Gasteiger charge is -2.06. The maximum absolute atomic E-state index is 14.0. The van der Waals surface area contributed by atoms with E-state index in [-0.39, 0.29) is 5.82 Å². The molecule has 0 amide bonds. The van der Waals surface area contributed by atoms with Crippen LogP contribution in [0, 0.1) is 5.82 Å². The van der Waals surface area contributed by atoms with Crippen LogP contribution in [-0.4, -0.2) is 32.8 Å². The van der Waals surface area contributed by atoms with Crippen LogP contribution in [0.3, 0.4) is 0 Å². The van der Waals surface area contributed by atoms with Gasteiger partial charge in [0.1, 0.15) is 12.4 Å². The molecule has 3 rings (SSSR count). The summed E-state index contributed by atoms with van der Waals surface area (Å²) < 4.78 is 18.9. The van der Waals surface area contributed by atoms with E-state index >= 15 is 0 Å². The van der Waals surface area contributed by atoms with Gasteiger partial charge in [0.2, 0.25) is 0 Å². The van der Waals surface area contributed by atoms with Crippen LogP contribution in [-0.2, 0) is 9.57 Å². The van der Waals surface area contributed by atoms with Crippen LogP contribution in [0.1, 0.15) is 36.5 Å². The van der Waals surface area contributed by atoms with Gasteiger partial charge < -0.3 is 9.57 Å². The molecule has 0 aliphatic heterocycles. The van der Waals surface area contributed by atoms with Crippen molar-refractivity contribution in [1.82, 2.24) is 0 Å². The van der Waals surface area contributed by atoms with E-state index in [9.17, 15) is 4.39 Å². The van der Waals surface area contributed by atoms with Crippen LogP contribution in [0.4, 0.5) is 4.39 Å². The van der Waals surface area contributed by atoms with Gasteiger partial charge in [-0.25, -0.2) is 4.39 Å². The molecule has 2 aromatic rings. The lowest BCUT2D eigenvalue weighted by Crippen LogP contribution is -1.94. The second-order valence-electron chi connectivity index (χ2n) is 6.78. The van der Waals surface area contributed by atoms with E-state index in [0.29, 0.717) is 26.1 Å². The van der Waals surface area contributed by atoms with Crippen molar-refractivity contribution in [2.24, 2.45) is 5.16 Å². The van der Waals surface area contributed by atoms with Crippen molar-refractivity contribution in [3.63, 3.8) is 0 Å². The van der Waals surface area contributed by atoms with E-state index in [1.165, 1.54) is 11.0 Å². The Morgan fingerprint density at radius 2 is 1.86 bits per heavy atom. The summed E-state index contributed by atoms with van der Waals surface area (Å²) in [6, 6.07) is 13.5. The molecular weight excluding hydrogens is 385 g/mol. The predicted octanol–water partition coefficient (Wildman–Crippen LogP) is 6.30. The third kappa shape index (κ3) is 5.37. The third-order valence-corrected chi connectivity index (χ3v) is 5.67. The average molecular weight is 412 g/mol. The first kappa shape index (κ1) is 21.3. The number of thioether (sulfide) groups is 1. The Hall–Kier alpha value is -2.37. The SMILES string of the molecule is COCCC=NOCCC1=C(C)/C(=C/c2ccc(SC)cc2)c2ccc(F)cc21. The van der Waals surface area contributed by atoms with Crippen molar-refractivity contribution >= 4 is 35.2 Å². The number of benzene rings is 2. The highest BCUT2D eigenvalue weighted by Crippen LogP contribution is 2.43. The molecular formula is C24H26FNO2S. The third-order valence-electron chi connectivity index (χ3n) is 4.92. The molecule has 0 bridgehead atoms. The summed E-state index contributed by atoms with van der Waals surface area (Å²) in [4.78, 5) is 6.61. The maximum Gasteiger partial charge on any atom is 0.123 e. The Bertz CT molecular complexity index is 932. The molecule has 0 unspecified atom stereocenters. The number of hydrogen-bond acceptors (Lipinski definition) is 4. The van der Waals surface area contributed by atoms with Crippen molar-refractivity contribution in [3.8, 4) is 0 Å². The molecule has 3 nitrogen and oxygen atoms in total. The van der Waals surface area contributed by atoms with Gasteiger partial charge >= 0.3 is 0 Å². The molecule has 0 spiro atoms. The highest BCUT2D eigenvalue weighted by molar-refractivity contribution is 7.98. The highest BCUT2D eigenvalue weighted by atomic mass is 32.2. The molecule has 1 aliphatic carbocycles. The summed E-state index contributed by atoms with van der Waals surface area (Å²) in [7, 11) is 1.66. The molecule has 0 N–H and O–H groups in total. The minimum Gasteiger partial charge on any atom is -0.396 e. The van der Waals surface area contributed by atoms with Gasteiger partial charge in [-0.05, 0) is 76.9 Å². The van der Waals surface area contributed by atoms with Gasteiger partial charge in [0.05, 0.1) is 6.61 Å². The Labute approximate surface area is 176 Å². The zero-order valence-electron chi connectivity index (χ0n) is 17.1. The summed E-state index contributed by atoms with van der Waals surface area (Å²) in [5.41, 5.74) is 6.55. The van der Waals surface area contributed by atoms with Crippen LogP contribution >= 0.6 is 11.8 Å². The first-order chi connectivity index (χ1) is 14.1. The molecule has 0 aromatic heterocycles. The molecule has 0 atom stereocenters. The van der Waals surface area contributed by atoms with E-state index in [1.54, 1.807) is 31.2 Å². The van der Waals surface area contributed by atoms with Crippen LogP contribution in [0.25, 0.3) is 17.2 Å². The Balaban J connectivity index is 1.82. The summed E-state index contributed by atoms with van der Waals surface area (Å²) >= 11 is 1.72. The normalized spacial score (nSPS) is 14.8. The van der Waals surface area contributed by atoms with Crippen molar-refractivity contribution in [1.29, 1.82) is 0 Å². The van der Waals surface area contributed by atoms with Gasteiger partial charge in [0, 0.05) is 31.1 Å². The van der Waals surface area contributed by atoms with Crippen molar-refractivity contribution in [2.45, 2.75) is 24.7 Å². The second-order valence-corrected chi connectivity index (χ2v) is 7.66. The fraction of sp³-hybridized carbons (Fsp3) is 0.292. The van der Waals surface area contributed by atoms with E-state index in [0.717, 1.165) is 33.4 Å². The van der Waals surface area contributed by atoms with Crippen LogP contribution in [0.15, 0.2) is 58.1 Å². The monoisotopic (exact) mass is 411 g/mol. The van der Waals surface area contributed by atoms with Crippen LogP contribution in [0.2, 0.25) is 0 Å². The average Bonchev–Trinajstić information content (AvgIpc) is 2.98. The maximum atomic E-state index is 14.0. The second kappa shape index (κ2) is 10.4. The number of oxime groups is 1. The van der Waals surface area contributed by atoms with Gasteiger partial charge in [-0.3, -0.25) is 0 Å². The number of fused-ring (bicyclic) bond motifs is 1. The predicted molar refractivity (Wildman–Crippen MR) is 121 cm³/mol. The molecule has 0 fully saturated rings. The molecule has 0 saturated heterocycles. The number of methoxy groups -OCH3 is 1. The number of hydrogen-bond donors (Lipinski definition) is 0. The highest BCUT2D eigenvalue weighted by Gasteiger charge is 2.24. The van der Waals surface area contributed by atoms with Crippen molar-refractivity contribution in [3.05, 3.63) is 70.5 Å². The molecule has 5 heteroatoms. The Kier molecular flexibility index (Phi) is 7.67. The molecule has 0 heterocycles. The summed E-state index contributed by atoms with van der Waals surface area (Å²) in [6.45, 7) is 3.16. The van der Waals surface area contributed by atoms with E-state index in [4.69, 9.17) is 9.57 Å². The van der Waals surface area contributed by atoms with E-state index < -0.39 is 0 Å². The zero-order valence-corrected chi connectivity index (χ0v) is 17.9. The number of ether oxygens (including phenoxy) is 1. The van der Waals surface area contributed by atoms with Gasteiger partial charge in [0.25, 0.3) is 0 Å². The number of nitrogens with zero attached hydrogens (tertiary/aromatic N) is 1. The number of halogens is 1. The Morgan fingerprint density at radius 3 is 2.59 bits per heavy atom. The fourth-order valence-corrected chi connectivity index (χ4v) is 3.83. The molecule has 29 heavy (non-hydrogen) atoms. The topological polar surface area (TPSA) is 30.8 Å². The summed E-state index contributed by atoms with van der Waals surface area (Å²) in [5, 5.41) is 3.95. The zero-order chi connectivity index (χ0) is 20.6. The van der Waals surface area contributed by atoms with Crippen molar-refractivity contribution < 1.29 is 14.0 Å². The fourth-order valence-electron chi connectivity index (χ4n) is 3.42. The van der Waals surface area contributed by atoms with Crippen molar-refractivity contribution in [2.75, 3.05) is 26.6 Å².